The van der Waals surface area contributed by atoms with Gasteiger partial charge < -0.3 is 4.98 Å². The molecule has 0 atom stereocenters. The summed E-state index contributed by atoms with van der Waals surface area (Å²) in [4.78, 5) is 14.7. The van der Waals surface area contributed by atoms with Crippen LogP contribution in [-0.4, -0.2) is 4.98 Å². The zero-order valence-electron chi connectivity index (χ0n) is 7.70. The monoisotopic (exact) mass is 333 g/mol. The van der Waals surface area contributed by atoms with Crippen LogP contribution in [0.1, 0.15) is 5.56 Å². The van der Waals surface area contributed by atoms with Crippen molar-refractivity contribution in [3.63, 3.8) is 0 Å². The maximum Gasteiger partial charge on any atom is 0.204 e. The van der Waals surface area contributed by atoms with Gasteiger partial charge in [0.25, 0.3) is 0 Å². The lowest BCUT2D eigenvalue weighted by molar-refractivity contribution is 0.622. The van der Waals surface area contributed by atoms with Crippen molar-refractivity contribution >= 4 is 42.8 Å². The molecule has 1 aromatic heterocycles. The number of nitrogens with one attached hydrogen (secondary N) is 1. The van der Waals surface area contributed by atoms with Crippen molar-refractivity contribution in [2.45, 2.75) is 6.92 Å². The number of benzene rings is 1. The van der Waals surface area contributed by atoms with Gasteiger partial charge in [0.2, 0.25) is 5.43 Å². The van der Waals surface area contributed by atoms with Crippen LogP contribution in [0.2, 0.25) is 0 Å². The number of rotatable bonds is 0. The number of halogens is 3. The number of pyridine rings is 1. The quantitative estimate of drug-likeness (QED) is 0.785. The lowest BCUT2D eigenvalue weighted by atomic mass is 10.1. The van der Waals surface area contributed by atoms with Gasteiger partial charge in [-0.2, -0.15) is 0 Å². The lowest BCUT2D eigenvalue weighted by Gasteiger charge is -2.05. The smallest absolute Gasteiger partial charge is 0.204 e. The van der Waals surface area contributed by atoms with E-state index in [1.54, 1.807) is 13.1 Å². The van der Waals surface area contributed by atoms with Crippen molar-refractivity contribution < 1.29 is 4.39 Å². The molecule has 2 nitrogen and oxygen atoms in total. The van der Waals surface area contributed by atoms with Gasteiger partial charge in [-0.3, -0.25) is 4.79 Å². The largest absolute Gasteiger partial charge is 0.360 e. The van der Waals surface area contributed by atoms with Crippen molar-refractivity contribution in [1.82, 2.24) is 4.98 Å². The third kappa shape index (κ3) is 1.63. The molecule has 0 aliphatic rings. The number of aromatic amines is 1. The molecule has 0 spiro atoms. The Kier molecular flexibility index (Phi) is 2.68. The second kappa shape index (κ2) is 3.72. The van der Waals surface area contributed by atoms with E-state index in [1.807, 2.05) is 0 Å². The zero-order chi connectivity index (χ0) is 11.2. The molecule has 0 aliphatic carbocycles. The number of fused-ring (bicyclic) bond motifs is 1. The average Bonchev–Trinajstić information content (AvgIpc) is 2.19. The molecular weight excluding hydrogens is 329 g/mol. The predicted octanol–water partition coefficient (Wildman–Crippen LogP) is 3.50. The Morgan fingerprint density at radius 3 is 2.73 bits per heavy atom. The van der Waals surface area contributed by atoms with Crippen LogP contribution in [0, 0.1) is 12.7 Å². The number of hydrogen-bond acceptors (Lipinski definition) is 1. The molecule has 78 valence electrons. The molecular formula is C10H6Br2FNO. The molecule has 1 aromatic carbocycles. The van der Waals surface area contributed by atoms with Gasteiger partial charge in [0.05, 0.1) is 19.8 Å². The van der Waals surface area contributed by atoms with Crippen LogP contribution >= 0.6 is 31.9 Å². The van der Waals surface area contributed by atoms with Crippen LogP contribution < -0.4 is 5.43 Å². The van der Waals surface area contributed by atoms with Crippen molar-refractivity contribution in [1.29, 1.82) is 0 Å². The van der Waals surface area contributed by atoms with E-state index in [0.717, 1.165) is 0 Å². The standard InChI is InChI=1S/C10H6Br2FNO/c1-4-2-6(13)8(12)7-9(4)14-3-5(11)10(7)15/h2-3H,1H3,(H,14,15). The Morgan fingerprint density at radius 2 is 2.07 bits per heavy atom. The Morgan fingerprint density at radius 1 is 1.40 bits per heavy atom. The van der Waals surface area contributed by atoms with E-state index in [0.29, 0.717) is 20.9 Å². The number of hydrogen-bond donors (Lipinski definition) is 1. The molecule has 2 rings (SSSR count). The maximum atomic E-state index is 13.4. The van der Waals surface area contributed by atoms with E-state index in [9.17, 15) is 9.18 Å². The van der Waals surface area contributed by atoms with Gasteiger partial charge in [0, 0.05) is 6.20 Å². The molecule has 0 saturated heterocycles. The zero-order valence-corrected chi connectivity index (χ0v) is 10.9. The minimum atomic E-state index is -0.427. The first-order chi connectivity index (χ1) is 7.02. The first-order valence-electron chi connectivity index (χ1n) is 4.18. The van der Waals surface area contributed by atoms with E-state index in [4.69, 9.17) is 0 Å². The molecule has 0 saturated carbocycles. The molecule has 15 heavy (non-hydrogen) atoms. The second-order valence-electron chi connectivity index (χ2n) is 3.21. The fourth-order valence-corrected chi connectivity index (χ4v) is 2.28. The number of aromatic nitrogens is 1. The maximum absolute atomic E-state index is 13.4. The molecule has 1 heterocycles. The predicted molar refractivity (Wildman–Crippen MR) is 64.7 cm³/mol. The summed E-state index contributed by atoms with van der Waals surface area (Å²) in [6, 6.07) is 1.39. The van der Waals surface area contributed by atoms with Crippen LogP contribution in [0.4, 0.5) is 4.39 Å². The molecule has 0 fully saturated rings. The summed E-state index contributed by atoms with van der Waals surface area (Å²) in [7, 11) is 0. The summed E-state index contributed by atoms with van der Waals surface area (Å²) in [6.07, 6.45) is 1.56. The molecule has 0 bridgehead atoms. The summed E-state index contributed by atoms with van der Waals surface area (Å²) in [5.41, 5.74) is 1.13. The minimum Gasteiger partial charge on any atom is -0.360 e. The summed E-state index contributed by atoms with van der Waals surface area (Å²) in [5.74, 6) is -0.427. The van der Waals surface area contributed by atoms with Gasteiger partial charge in [-0.05, 0) is 50.4 Å². The lowest BCUT2D eigenvalue weighted by Crippen LogP contribution is -2.06. The van der Waals surface area contributed by atoms with Gasteiger partial charge in [0.15, 0.2) is 0 Å². The SMILES string of the molecule is Cc1cc(F)c(Br)c2c(=O)c(Br)c[nH]c12. The molecule has 2 aromatic rings. The Balaban J connectivity index is 3.12. The molecule has 0 aliphatic heterocycles. The minimum absolute atomic E-state index is 0.200. The third-order valence-corrected chi connectivity index (χ3v) is 3.57. The Hall–Kier alpha value is -0.680. The van der Waals surface area contributed by atoms with E-state index in [1.165, 1.54) is 6.07 Å². The normalized spacial score (nSPS) is 10.9. The van der Waals surface area contributed by atoms with Gasteiger partial charge in [0.1, 0.15) is 5.82 Å². The molecule has 0 amide bonds. The fraction of sp³-hybridized carbons (Fsp3) is 0.100. The summed E-state index contributed by atoms with van der Waals surface area (Å²) < 4.78 is 14.0. The van der Waals surface area contributed by atoms with Crippen LogP contribution in [0.3, 0.4) is 0 Å². The van der Waals surface area contributed by atoms with Gasteiger partial charge in [-0.1, -0.05) is 0 Å². The second-order valence-corrected chi connectivity index (χ2v) is 4.85. The van der Waals surface area contributed by atoms with E-state index < -0.39 is 5.82 Å². The number of H-pyrrole nitrogens is 1. The van der Waals surface area contributed by atoms with Crippen molar-refractivity contribution in [2.75, 3.05) is 0 Å². The van der Waals surface area contributed by atoms with Gasteiger partial charge in [-0.15, -0.1) is 0 Å². The summed E-state index contributed by atoms with van der Waals surface area (Å²) >= 11 is 6.20. The average molecular weight is 335 g/mol. The van der Waals surface area contributed by atoms with E-state index in [2.05, 4.69) is 36.8 Å². The van der Waals surface area contributed by atoms with Crippen LogP contribution in [0.25, 0.3) is 10.9 Å². The third-order valence-electron chi connectivity index (χ3n) is 2.20. The Bertz CT molecular complexity index is 606. The first kappa shape index (κ1) is 10.8. The van der Waals surface area contributed by atoms with E-state index >= 15 is 0 Å². The van der Waals surface area contributed by atoms with E-state index in [-0.39, 0.29) is 9.90 Å². The van der Waals surface area contributed by atoms with Crippen LogP contribution in [0.15, 0.2) is 26.0 Å². The van der Waals surface area contributed by atoms with Gasteiger partial charge >= 0.3 is 0 Å². The highest BCUT2D eigenvalue weighted by Crippen LogP contribution is 2.26. The van der Waals surface area contributed by atoms with Gasteiger partial charge in [-0.25, -0.2) is 4.39 Å². The highest BCUT2D eigenvalue weighted by Gasteiger charge is 2.12. The topological polar surface area (TPSA) is 32.9 Å². The van der Waals surface area contributed by atoms with Crippen LogP contribution in [0.5, 0.6) is 0 Å². The molecule has 0 unspecified atom stereocenters. The summed E-state index contributed by atoms with van der Waals surface area (Å²) in [6.45, 7) is 1.75. The Labute approximate surface area is 102 Å². The summed E-state index contributed by atoms with van der Waals surface area (Å²) in [5, 5.41) is 0.335. The van der Waals surface area contributed by atoms with Crippen molar-refractivity contribution in [3.8, 4) is 0 Å². The highest BCUT2D eigenvalue weighted by molar-refractivity contribution is 9.11. The molecule has 1 N–H and O–H groups in total. The van der Waals surface area contributed by atoms with Crippen molar-refractivity contribution in [2.24, 2.45) is 0 Å². The van der Waals surface area contributed by atoms with Crippen LogP contribution in [-0.2, 0) is 0 Å². The number of aryl methyl sites for hydroxylation is 1. The molecule has 0 radical (unpaired) electrons. The fourth-order valence-electron chi connectivity index (χ4n) is 1.47. The highest BCUT2D eigenvalue weighted by atomic mass is 79.9. The molecule has 5 heteroatoms. The van der Waals surface area contributed by atoms with Crippen molar-refractivity contribution in [3.05, 3.63) is 42.8 Å². The first-order valence-corrected chi connectivity index (χ1v) is 5.76.